The van der Waals surface area contributed by atoms with E-state index in [1.54, 1.807) is 41.3 Å². The highest BCUT2D eigenvalue weighted by molar-refractivity contribution is 7.89. The van der Waals surface area contributed by atoms with Gasteiger partial charge in [-0.05, 0) is 54.8 Å². The van der Waals surface area contributed by atoms with Crippen molar-refractivity contribution in [1.29, 1.82) is 0 Å². The molecule has 0 fully saturated rings. The molecule has 0 aromatic heterocycles. The number of ether oxygens (including phenoxy) is 2. The number of aryl methyl sites for hydroxylation is 1. The number of carbonyl (C=O) groups excluding carboxylic acids is 1. The lowest BCUT2D eigenvalue weighted by molar-refractivity contribution is 0.0984. The quantitative estimate of drug-likeness (QED) is 0.706. The van der Waals surface area contributed by atoms with E-state index in [9.17, 15) is 13.2 Å². The van der Waals surface area contributed by atoms with Crippen LogP contribution in [0.2, 0.25) is 0 Å². The van der Waals surface area contributed by atoms with E-state index in [1.807, 2.05) is 13.8 Å². The Bertz CT molecular complexity index is 1080. The smallest absolute Gasteiger partial charge is 0.258 e. The van der Waals surface area contributed by atoms with Crippen LogP contribution in [0.5, 0.6) is 11.5 Å². The molecule has 0 atom stereocenters. The van der Waals surface area contributed by atoms with Gasteiger partial charge in [0.1, 0.15) is 0 Å². The summed E-state index contributed by atoms with van der Waals surface area (Å²) >= 11 is 0. The van der Waals surface area contributed by atoms with Gasteiger partial charge in [-0.1, -0.05) is 13.8 Å². The lowest BCUT2D eigenvalue weighted by Crippen LogP contribution is -2.36. The van der Waals surface area contributed by atoms with Crippen LogP contribution in [0.25, 0.3) is 0 Å². The number of rotatable bonds is 5. The molecule has 7 nitrogen and oxygen atoms in total. The minimum Gasteiger partial charge on any atom is -0.490 e. The summed E-state index contributed by atoms with van der Waals surface area (Å²) in [6.45, 7) is 6.24. The molecule has 0 bridgehead atoms. The number of amides is 1. The largest absolute Gasteiger partial charge is 0.490 e. The first-order chi connectivity index (χ1) is 15.0. The van der Waals surface area contributed by atoms with Crippen LogP contribution in [0.4, 0.5) is 5.69 Å². The molecule has 0 spiro atoms. The number of fused-ring (bicyclic) bond motifs is 2. The second-order valence-electron chi connectivity index (χ2n) is 7.65. The van der Waals surface area contributed by atoms with E-state index in [2.05, 4.69) is 0 Å². The first-order valence-corrected chi connectivity index (χ1v) is 12.2. The van der Waals surface area contributed by atoms with Gasteiger partial charge in [0, 0.05) is 37.3 Å². The van der Waals surface area contributed by atoms with Crippen molar-refractivity contribution in [3.8, 4) is 11.5 Å². The molecule has 2 aliphatic rings. The van der Waals surface area contributed by atoms with Crippen molar-refractivity contribution in [3.05, 3.63) is 47.5 Å². The molecule has 0 unspecified atom stereocenters. The lowest BCUT2D eigenvalue weighted by atomic mass is 10.0. The Kier molecular flexibility index (Phi) is 6.20. The molecule has 31 heavy (non-hydrogen) atoms. The number of hydrogen-bond donors (Lipinski definition) is 0. The number of hydrogen-bond acceptors (Lipinski definition) is 5. The van der Waals surface area contributed by atoms with Gasteiger partial charge in [-0.25, -0.2) is 8.42 Å². The molecule has 0 radical (unpaired) electrons. The number of nitrogens with zero attached hydrogens (tertiary/aromatic N) is 2. The average molecular weight is 445 g/mol. The van der Waals surface area contributed by atoms with E-state index < -0.39 is 10.0 Å². The monoisotopic (exact) mass is 444 g/mol. The summed E-state index contributed by atoms with van der Waals surface area (Å²) in [5.74, 6) is 1.11. The third-order valence-electron chi connectivity index (χ3n) is 5.75. The van der Waals surface area contributed by atoms with Gasteiger partial charge in [-0.15, -0.1) is 0 Å². The molecule has 166 valence electrons. The number of carbonyl (C=O) groups is 1. The maximum Gasteiger partial charge on any atom is 0.258 e. The van der Waals surface area contributed by atoms with Gasteiger partial charge >= 0.3 is 0 Å². The molecule has 0 N–H and O–H groups in total. The van der Waals surface area contributed by atoms with Crippen LogP contribution in [0.3, 0.4) is 0 Å². The van der Waals surface area contributed by atoms with Crippen LogP contribution in [0.15, 0.2) is 41.3 Å². The predicted octanol–water partition coefficient (Wildman–Crippen LogP) is 3.47. The molecule has 0 saturated carbocycles. The molecule has 8 heteroatoms. The molecular weight excluding hydrogens is 416 g/mol. The Morgan fingerprint density at radius 1 is 1.00 bits per heavy atom. The maximum atomic E-state index is 13.3. The average Bonchev–Trinajstić information content (AvgIpc) is 3.03. The van der Waals surface area contributed by atoms with Gasteiger partial charge in [0.2, 0.25) is 10.0 Å². The van der Waals surface area contributed by atoms with E-state index >= 15 is 0 Å². The Morgan fingerprint density at radius 2 is 1.74 bits per heavy atom. The van der Waals surface area contributed by atoms with E-state index in [0.29, 0.717) is 49.9 Å². The van der Waals surface area contributed by atoms with Crippen LogP contribution in [-0.4, -0.2) is 51.5 Å². The van der Waals surface area contributed by atoms with Crippen molar-refractivity contribution in [1.82, 2.24) is 4.31 Å². The molecule has 0 saturated heterocycles. The van der Waals surface area contributed by atoms with Gasteiger partial charge in [-0.2, -0.15) is 4.31 Å². The molecule has 1 amide bonds. The molecular formula is C23H28N2O5S. The number of benzene rings is 2. The highest BCUT2D eigenvalue weighted by Crippen LogP contribution is 2.34. The standard InChI is InChI=1S/C23H28N2O5S/c1-3-24(4-2)31(27,28)19-9-10-20-17(15-19)7-5-12-25(20)23(26)18-8-11-21-22(16-18)30-14-6-13-29-21/h8-11,15-16H,3-7,12-14H2,1-2H3. The number of anilines is 1. The summed E-state index contributed by atoms with van der Waals surface area (Å²) in [6, 6.07) is 10.3. The Labute approximate surface area is 183 Å². The van der Waals surface area contributed by atoms with E-state index in [1.165, 1.54) is 4.31 Å². The van der Waals surface area contributed by atoms with Crippen LogP contribution < -0.4 is 14.4 Å². The van der Waals surface area contributed by atoms with Crippen molar-refractivity contribution in [2.24, 2.45) is 0 Å². The summed E-state index contributed by atoms with van der Waals surface area (Å²) in [5, 5.41) is 0. The summed E-state index contributed by atoms with van der Waals surface area (Å²) in [4.78, 5) is 15.3. The highest BCUT2D eigenvalue weighted by Gasteiger charge is 2.28. The third-order valence-corrected chi connectivity index (χ3v) is 7.80. The zero-order valence-corrected chi connectivity index (χ0v) is 18.8. The van der Waals surface area contributed by atoms with E-state index in [0.717, 1.165) is 30.5 Å². The van der Waals surface area contributed by atoms with Gasteiger partial charge in [0.05, 0.1) is 18.1 Å². The normalized spacial score (nSPS) is 16.0. The van der Waals surface area contributed by atoms with Crippen molar-refractivity contribution in [3.63, 3.8) is 0 Å². The van der Waals surface area contributed by atoms with Gasteiger partial charge in [-0.3, -0.25) is 4.79 Å². The van der Waals surface area contributed by atoms with Crippen LogP contribution in [0.1, 0.15) is 42.6 Å². The molecule has 2 aromatic carbocycles. The van der Waals surface area contributed by atoms with Crippen molar-refractivity contribution in [2.75, 3.05) is 37.7 Å². The second-order valence-corrected chi connectivity index (χ2v) is 9.59. The highest BCUT2D eigenvalue weighted by atomic mass is 32.2. The van der Waals surface area contributed by atoms with E-state index in [4.69, 9.17) is 9.47 Å². The predicted molar refractivity (Wildman–Crippen MR) is 119 cm³/mol. The molecule has 2 aliphatic heterocycles. The van der Waals surface area contributed by atoms with Gasteiger partial charge in [0.15, 0.2) is 11.5 Å². The minimum atomic E-state index is -3.54. The van der Waals surface area contributed by atoms with Crippen LogP contribution >= 0.6 is 0 Å². The SMILES string of the molecule is CCN(CC)S(=O)(=O)c1ccc2c(c1)CCCN2C(=O)c1ccc2c(c1)OCCCO2. The summed E-state index contributed by atoms with van der Waals surface area (Å²) in [7, 11) is -3.54. The molecule has 0 aliphatic carbocycles. The lowest BCUT2D eigenvalue weighted by Gasteiger charge is -2.30. The Hall–Kier alpha value is -2.58. The first kappa shape index (κ1) is 21.6. The fraction of sp³-hybridized carbons (Fsp3) is 0.435. The van der Waals surface area contributed by atoms with Crippen LogP contribution in [0, 0.1) is 0 Å². The van der Waals surface area contributed by atoms with Crippen LogP contribution in [-0.2, 0) is 16.4 Å². The first-order valence-electron chi connectivity index (χ1n) is 10.8. The van der Waals surface area contributed by atoms with Crippen molar-refractivity contribution in [2.45, 2.75) is 38.0 Å². The second kappa shape index (κ2) is 8.88. The fourth-order valence-corrected chi connectivity index (χ4v) is 5.62. The Balaban J connectivity index is 1.64. The van der Waals surface area contributed by atoms with Crippen molar-refractivity contribution >= 4 is 21.6 Å². The maximum absolute atomic E-state index is 13.3. The molecule has 2 aromatic rings. The summed E-state index contributed by atoms with van der Waals surface area (Å²) in [5.41, 5.74) is 2.17. The zero-order chi connectivity index (χ0) is 22.0. The minimum absolute atomic E-state index is 0.129. The summed E-state index contributed by atoms with van der Waals surface area (Å²) < 4.78 is 38.6. The zero-order valence-electron chi connectivity index (χ0n) is 18.0. The topological polar surface area (TPSA) is 76.2 Å². The molecule has 4 rings (SSSR count). The van der Waals surface area contributed by atoms with E-state index in [-0.39, 0.29) is 10.8 Å². The van der Waals surface area contributed by atoms with Gasteiger partial charge in [0.25, 0.3) is 5.91 Å². The molecule has 2 heterocycles. The third kappa shape index (κ3) is 4.14. The summed E-state index contributed by atoms with van der Waals surface area (Å²) in [6.07, 6.45) is 2.32. The van der Waals surface area contributed by atoms with Gasteiger partial charge < -0.3 is 14.4 Å². The van der Waals surface area contributed by atoms with Crippen molar-refractivity contribution < 1.29 is 22.7 Å². The number of sulfonamides is 1. The fourth-order valence-electron chi connectivity index (χ4n) is 4.11. The Morgan fingerprint density at radius 3 is 2.48 bits per heavy atom.